The third-order valence-corrected chi connectivity index (χ3v) is 5.59. The van der Waals surface area contributed by atoms with Crippen LogP contribution in [0, 0.1) is 23.7 Å². The summed E-state index contributed by atoms with van der Waals surface area (Å²) in [6.07, 6.45) is 5.95. The Balaban J connectivity index is 1.70. The fourth-order valence-corrected chi connectivity index (χ4v) is 3.71. The van der Waals surface area contributed by atoms with Crippen molar-refractivity contribution in [2.45, 2.75) is 26.7 Å². The topological polar surface area (TPSA) is 73.7 Å². The van der Waals surface area contributed by atoms with Gasteiger partial charge in [0, 0.05) is 23.4 Å². The molecule has 1 saturated heterocycles. The van der Waals surface area contributed by atoms with Crippen LogP contribution in [-0.2, 0) is 0 Å². The molecule has 0 saturated carbocycles. The molecule has 2 N–H and O–H groups in total. The van der Waals surface area contributed by atoms with Gasteiger partial charge in [-0.2, -0.15) is 5.26 Å². The van der Waals surface area contributed by atoms with Gasteiger partial charge in [-0.3, -0.25) is 0 Å². The molecule has 3 aromatic rings. The summed E-state index contributed by atoms with van der Waals surface area (Å²) < 4.78 is 6.31. The number of ether oxygens (including phenoxy) is 1. The highest BCUT2D eigenvalue weighted by atomic mass is 16.5. The van der Waals surface area contributed by atoms with Gasteiger partial charge < -0.3 is 15.0 Å². The second-order valence-electron chi connectivity index (χ2n) is 7.73. The van der Waals surface area contributed by atoms with Gasteiger partial charge in [0.1, 0.15) is 11.4 Å². The van der Waals surface area contributed by atoms with Gasteiger partial charge in [0.2, 0.25) is 0 Å². The Hall–Kier alpha value is -2.84. The van der Waals surface area contributed by atoms with Gasteiger partial charge in [-0.1, -0.05) is 19.1 Å². The van der Waals surface area contributed by atoms with E-state index in [0.29, 0.717) is 12.2 Å². The number of hydrogen-bond donors (Lipinski definition) is 2. The highest BCUT2D eigenvalue weighted by molar-refractivity contribution is 5.98. The summed E-state index contributed by atoms with van der Waals surface area (Å²) in [4.78, 5) is 7.69. The highest BCUT2D eigenvalue weighted by Gasteiger charge is 2.28. The lowest BCUT2D eigenvalue weighted by molar-refractivity contribution is 0.124. The number of aromatic nitrogens is 2. The van der Waals surface area contributed by atoms with Crippen LogP contribution in [0.2, 0.25) is 0 Å². The smallest absolute Gasteiger partial charge is 0.141 e. The minimum atomic E-state index is 0.190. The summed E-state index contributed by atoms with van der Waals surface area (Å²) in [5.41, 5.74) is 4.67. The lowest BCUT2D eigenvalue weighted by atomic mass is 9.82. The summed E-state index contributed by atoms with van der Waals surface area (Å²) in [7, 11) is 0. The van der Waals surface area contributed by atoms with Crippen molar-refractivity contribution < 1.29 is 4.74 Å². The van der Waals surface area contributed by atoms with E-state index in [9.17, 15) is 5.26 Å². The second-order valence-corrected chi connectivity index (χ2v) is 7.73. The molecule has 1 aromatic carbocycles. The van der Waals surface area contributed by atoms with E-state index in [4.69, 9.17) is 4.74 Å². The summed E-state index contributed by atoms with van der Waals surface area (Å²) in [6, 6.07) is 10.2. The first-order chi connectivity index (χ1) is 13.1. The number of pyridine rings is 1. The minimum Gasteiger partial charge on any atom is -0.492 e. The molecule has 0 spiro atoms. The Morgan fingerprint density at radius 3 is 2.85 bits per heavy atom. The zero-order chi connectivity index (χ0) is 18.9. The number of nitrogens with zero attached hydrogens (tertiary/aromatic N) is 2. The number of aromatic amines is 1. The van der Waals surface area contributed by atoms with Crippen molar-refractivity contribution in [2.24, 2.45) is 5.41 Å². The molecule has 0 unspecified atom stereocenters. The summed E-state index contributed by atoms with van der Waals surface area (Å²) >= 11 is 0. The molecule has 0 aliphatic carbocycles. The Morgan fingerprint density at radius 1 is 1.26 bits per heavy atom. The molecule has 1 aliphatic heterocycles. The van der Waals surface area contributed by atoms with Crippen molar-refractivity contribution in [1.29, 1.82) is 5.26 Å². The van der Waals surface area contributed by atoms with Gasteiger partial charge >= 0.3 is 0 Å². The van der Waals surface area contributed by atoms with Crippen LogP contribution in [0.4, 0.5) is 0 Å². The van der Waals surface area contributed by atoms with Crippen LogP contribution in [0.1, 0.15) is 30.9 Å². The third-order valence-electron chi connectivity index (χ3n) is 5.59. The van der Waals surface area contributed by atoms with E-state index in [-0.39, 0.29) is 5.41 Å². The molecule has 3 heterocycles. The minimum absolute atomic E-state index is 0.190. The highest BCUT2D eigenvalue weighted by Crippen LogP contribution is 2.36. The first kappa shape index (κ1) is 17.6. The molecule has 1 fully saturated rings. The van der Waals surface area contributed by atoms with Gasteiger partial charge in [0.05, 0.1) is 23.6 Å². The van der Waals surface area contributed by atoms with Crippen molar-refractivity contribution in [3.8, 4) is 22.9 Å². The molecule has 0 radical (unpaired) electrons. The summed E-state index contributed by atoms with van der Waals surface area (Å²) in [5, 5.41) is 13.8. The quantitative estimate of drug-likeness (QED) is 0.732. The number of nitriles is 1. The molecule has 138 valence electrons. The fourth-order valence-electron chi connectivity index (χ4n) is 3.71. The normalized spacial score (nSPS) is 16.2. The van der Waals surface area contributed by atoms with E-state index in [2.05, 4.69) is 28.3 Å². The average molecular weight is 360 g/mol. The number of H-pyrrole nitrogens is 1. The van der Waals surface area contributed by atoms with Crippen molar-refractivity contribution >= 4 is 11.0 Å². The lowest BCUT2D eigenvalue weighted by Crippen LogP contribution is -2.38. The van der Waals surface area contributed by atoms with Gasteiger partial charge in [-0.05, 0) is 56.1 Å². The van der Waals surface area contributed by atoms with Gasteiger partial charge in [-0.15, -0.1) is 0 Å². The van der Waals surface area contributed by atoms with Crippen LogP contribution in [0.5, 0.6) is 5.75 Å². The molecular formula is C22H24N4O. The molecule has 4 rings (SSSR count). The predicted molar refractivity (Wildman–Crippen MR) is 107 cm³/mol. The monoisotopic (exact) mass is 360 g/mol. The van der Waals surface area contributed by atoms with Crippen molar-refractivity contribution in [1.82, 2.24) is 15.3 Å². The van der Waals surface area contributed by atoms with Gasteiger partial charge in [0.25, 0.3) is 0 Å². The Labute approximate surface area is 159 Å². The van der Waals surface area contributed by atoms with E-state index < -0.39 is 0 Å². The summed E-state index contributed by atoms with van der Waals surface area (Å²) in [6.45, 7) is 7.02. The van der Waals surface area contributed by atoms with Crippen LogP contribution in [0.3, 0.4) is 0 Å². The molecule has 0 bridgehead atoms. The van der Waals surface area contributed by atoms with Crippen LogP contribution in [0.25, 0.3) is 22.2 Å². The van der Waals surface area contributed by atoms with Crippen LogP contribution in [-0.4, -0.2) is 29.7 Å². The number of nitrogens with one attached hydrogen (secondary N) is 2. The average Bonchev–Trinajstić information content (AvgIpc) is 3.12. The fraction of sp³-hybridized carbons (Fsp3) is 0.364. The Kier molecular flexibility index (Phi) is 4.59. The molecule has 0 amide bonds. The first-order valence-corrected chi connectivity index (χ1v) is 9.40. The SMILES string of the molecule is Cc1ccc(-c2c[nH]c3nccc(OCC4(C)CCNCC4)c23)cc1C#N. The third kappa shape index (κ3) is 3.41. The van der Waals surface area contributed by atoms with Gasteiger partial charge in [-0.25, -0.2) is 4.98 Å². The van der Waals surface area contributed by atoms with Crippen LogP contribution in [0.15, 0.2) is 36.7 Å². The number of rotatable bonds is 4. The standard InChI is InChI=1S/C22H24N4O/c1-15-3-4-16(11-17(15)12-23)18-13-26-21-20(18)19(5-8-25-21)27-14-22(2)6-9-24-10-7-22/h3-5,8,11,13,24H,6-7,9-10,14H2,1-2H3,(H,25,26). The van der Waals surface area contributed by atoms with Crippen LogP contribution >= 0.6 is 0 Å². The Bertz CT molecular complexity index is 1010. The number of aryl methyl sites for hydroxylation is 1. The molecule has 0 atom stereocenters. The van der Waals surface area contributed by atoms with E-state index in [1.807, 2.05) is 37.4 Å². The molecule has 5 nitrogen and oxygen atoms in total. The molecule has 5 heteroatoms. The lowest BCUT2D eigenvalue weighted by Gasteiger charge is -2.33. The first-order valence-electron chi connectivity index (χ1n) is 9.40. The number of piperidine rings is 1. The molecule has 27 heavy (non-hydrogen) atoms. The largest absolute Gasteiger partial charge is 0.492 e. The van der Waals surface area contributed by atoms with Gasteiger partial charge in [0.15, 0.2) is 0 Å². The molecule has 2 aromatic heterocycles. The number of hydrogen-bond acceptors (Lipinski definition) is 4. The zero-order valence-corrected chi connectivity index (χ0v) is 15.8. The molecule has 1 aliphatic rings. The maximum absolute atomic E-state index is 9.37. The number of fused-ring (bicyclic) bond motifs is 1. The maximum Gasteiger partial charge on any atom is 0.141 e. The van der Waals surface area contributed by atoms with E-state index in [1.54, 1.807) is 6.20 Å². The number of benzene rings is 1. The second kappa shape index (κ2) is 7.05. The predicted octanol–water partition coefficient (Wildman–Crippen LogP) is 4.18. The van der Waals surface area contributed by atoms with Crippen LogP contribution < -0.4 is 10.1 Å². The van der Waals surface area contributed by atoms with E-state index in [0.717, 1.165) is 59.4 Å². The van der Waals surface area contributed by atoms with E-state index >= 15 is 0 Å². The van der Waals surface area contributed by atoms with Crippen molar-refractivity contribution in [3.05, 3.63) is 47.8 Å². The summed E-state index contributed by atoms with van der Waals surface area (Å²) in [5.74, 6) is 0.843. The maximum atomic E-state index is 9.37. The van der Waals surface area contributed by atoms with Crippen molar-refractivity contribution in [3.63, 3.8) is 0 Å². The Morgan fingerprint density at radius 2 is 2.07 bits per heavy atom. The van der Waals surface area contributed by atoms with Crippen molar-refractivity contribution in [2.75, 3.05) is 19.7 Å². The molecular weight excluding hydrogens is 336 g/mol. The zero-order valence-electron chi connectivity index (χ0n) is 15.8. The van der Waals surface area contributed by atoms with E-state index in [1.165, 1.54) is 0 Å².